The number of aliphatic carboxylic acids is 1. The minimum atomic E-state index is -0.744. The average Bonchev–Trinajstić information content (AvgIpc) is 2.14. The molecule has 0 aromatic carbocycles. The third kappa shape index (κ3) is 6.60. The summed E-state index contributed by atoms with van der Waals surface area (Å²) >= 11 is 0. The highest BCUT2D eigenvalue weighted by molar-refractivity contribution is 5.69. The normalized spacial score (nSPS) is 12.8. The lowest BCUT2D eigenvalue weighted by molar-refractivity contribution is -0.141. The standard InChI is InChI=1S/C10H19NO3/c1-9(10(13)14)5-7-11(2)6-3-4-8-12/h8-9H,3-7H2,1-2H3,(H,13,14). The number of nitrogens with zero attached hydrogens (tertiary/aromatic N) is 1. The molecular weight excluding hydrogens is 182 g/mol. The summed E-state index contributed by atoms with van der Waals surface area (Å²) in [6.45, 7) is 3.33. The lowest BCUT2D eigenvalue weighted by Gasteiger charge is -2.16. The monoisotopic (exact) mass is 201 g/mol. The fourth-order valence-electron chi connectivity index (χ4n) is 1.09. The van der Waals surface area contributed by atoms with E-state index in [0.29, 0.717) is 12.8 Å². The molecule has 0 aliphatic carbocycles. The van der Waals surface area contributed by atoms with Crippen LogP contribution in [-0.2, 0) is 9.59 Å². The molecule has 0 aromatic heterocycles. The number of carbonyl (C=O) groups is 2. The Labute approximate surface area is 84.9 Å². The van der Waals surface area contributed by atoms with Crippen molar-refractivity contribution in [2.45, 2.75) is 26.2 Å². The molecule has 0 saturated carbocycles. The molecule has 1 N–H and O–H groups in total. The van der Waals surface area contributed by atoms with Crippen LogP contribution < -0.4 is 0 Å². The van der Waals surface area contributed by atoms with Crippen molar-refractivity contribution in [3.63, 3.8) is 0 Å². The van der Waals surface area contributed by atoms with Crippen molar-refractivity contribution in [1.29, 1.82) is 0 Å². The summed E-state index contributed by atoms with van der Waals surface area (Å²) in [6, 6.07) is 0. The van der Waals surface area contributed by atoms with Gasteiger partial charge in [0.2, 0.25) is 0 Å². The molecule has 4 heteroatoms. The maximum Gasteiger partial charge on any atom is 0.306 e. The average molecular weight is 201 g/mol. The van der Waals surface area contributed by atoms with Gasteiger partial charge in [-0.25, -0.2) is 0 Å². The van der Waals surface area contributed by atoms with Crippen LogP contribution in [0.25, 0.3) is 0 Å². The predicted octanol–water partition coefficient (Wildman–Crippen LogP) is 1.01. The number of hydrogen-bond acceptors (Lipinski definition) is 3. The molecule has 0 amide bonds. The van der Waals surface area contributed by atoms with Crippen molar-refractivity contribution in [3.05, 3.63) is 0 Å². The summed E-state index contributed by atoms with van der Waals surface area (Å²) in [7, 11) is 1.94. The van der Waals surface area contributed by atoms with E-state index in [1.54, 1.807) is 6.92 Å². The second-order valence-electron chi connectivity index (χ2n) is 3.64. The van der Waals surface area contributed by atoms with Gasteiger partial charge in [0, 0.05) is 6.42 Å². The lowest BCUT2D eigenvalue weighted by atomic mass is 10.1. The summed E-state index contributed by atoms with van der Waals surface area (Å²) in [4.78, 5) is 22.6. The van der Waals surface area contributed by atoms with Gasteiger partial charge in [-0.3, -0.25) is 4.79 Å². The summed E-state index contributed by atoms with van der Waals surface area (Å²) in [5.74, 6) is -1.03. The first kappa shape index (κ1) is 13.1. The maximum absolute atomic E-state index is 10.5. The minimum Gasteiger partial charge on any atom is -0.481 e. The number of aldehydes is 1. The van der Waals surface area contributed by atoms with E-state index in [4.69, 9.17) is 5.11 Å². The van der Waals surface area contributed by atoms with E-state index in [-0.39, 0.29) is 5.92 Å². The number of carbonyl (C=O) groups excluding carboxylic acids is 1. The van der Waals surface area contributed by atoms with Crippen molar-refractivity contribution >= 4 is 12.3 Å². The van der Waals surface area contributed by atoms with Crippen LogP contribution >= 0.6 is 0 Å². The Morgan fingerprint density at radius 3 is 2.64 bits per heavy atom. The third-order valence-electron chi connectivity index (χ3n) is 2.23. The molecule has 14 heavy (non-hydrogen) atoms. The summed E-state index contributed by atoms with van der Waals surface area (Å²) < 4.78 is 0. The van der Waals surface area contributed by atoms with Crippen LogP contribution in [0.2, 0.25) is 0 Å². The van der Waals surface area contributed by atoms with Gasteiger partial charge in [0.1, 0.15) is 6.29 Å². The Balaban J connectivity index is 3.47. The highest BCUT2D eigenvalue weighted by atomic mass is 16.4. The highest BCUT2D eigenvalue weighted by Crippen LogP contribution is 2.03. The van der Waals surface area contributed by atoms with Crippen molar-refractivity contribution in [2.24, 2.45) is 5.92 Å². The van der Waals surface area contributed by atoms with Gasteiger partial charge >= 0.3 is 5.97 Å². The molecule has 4 nitrogen and oxygen atoms in total. The SMILES string of the molecule is CC(CCN(C)CCCC=O)C(=O)O. The number of hydrogen-bond donors (Lipinski definition) is 1. The van der Waals surface area contributed by atoms with E-state index in [9.17, 15) is 9.59 Å². The first-order chi connectivity index (χ1) is 6.57. The first-order valence-corrected chi connectivity index (χ1v) is 4.93. The van der Waals surface area contributed by atoms with Crippen molar-refractivity contribution in [1.82, 2.24) is 4.90 Å². The summed E-state index contributed by atoms with van der Waals surface area (Å²) in [5, 5.41) is 8.64. The second-order valence-corrected chi connectivity index (χ2v) is 3.64. The van der Waals surface area contributed by atoms with Crippen LogP contribution in [0.5, 0.6) is 0 Å². The molecule has 0 saturated heterocycles. The highest BCUT2D eigenvalue weighted by Gasteiger charge is 2.11. The zero-order chi connectivity index (χ0) is 11.0. The Morgan fingerprint density at radius 2 is 2.14 bits per heavy atom. The van der Waals surface area contributed by atoms with E-state index < -0.39 is 5.97 Å². The summed E-state index contributed by atoms with van der Waals surface area (Å²) in [5.41, 5.74) is 0. The van der Waals surface area contributed by atoms with Crippen molar-refractivity contribution in [3.8, 4) is 0 Å². The molecular formula is C10H19NO3. The van der Waals surface area contributed by atoms with Gasteiger partial charge in [0.15, 0.2) is 0 Å². The second kappa shape index (κ2) is 7.50. The zero-order valence-corrected chi connectivity index (χ0v) is 8.90. The Hall–Kier alpha value is -0.900. The fourth-order valence-corrected chi connectivity index (χ4v) is 1.09. The van der Waals surface area contributed by atoms with Gasteiger partial charge in [0.05, 0.1) is 5.92 Å². The molecule has 0 aromatic rings. The predicted molar refractivity (Wildman–Crippen MR) is 54.2 cm³/mol. The molecule has 82 valence electrons. The molecule has 1 unspecified atom stereocenters. The van der Waals surface area contributed by atoms with Crippen LogP contribution in [0.4, 0.5) is 0 Å². The smallest absolute Gasteiger partial charge is 0.306 e. The Morgan fingerprint density at radius 1 is 1.50 bits per heavy atom. The zero-order valence-electron chi connectivity index (χ0n) is 8.90. The van der Waals surface area contributed by atoms with E-state index >= 15 is 0 Å². The molecule has 0 fully saturated rings. The fraction of sp³-hybridized carbons (Fsp3) is 0.800. The topological polar surface area (TPSA) is 57.6 Å². The van der Waals surface area contributed by atoms with Gasteiger partial charge in [0.25, 0.3) is 0 Å². The lowest BCUT2D eigenvalue weighted by Crippen LogP contribution is -2.24. The molecule has 0 radical (unpaired) electrons. The molecule has 1 atom stereocenters. The van der Waals surface area contributed by atoms with Gasteiger partial charge in [-0.1, -0.05) is 6.92 Å². The Kier molecular flexibility index (Phi) is 7.02. The van der Waals surface area contributed by atoms with Crippen LogP contribution in [0.1, 0.15) is 26.2 Å². The van der Waals surface area contributed by atoms with Gasteiger partial charge in [-0.2, -0.15) is 0 Å². The molecule has 0 heterocycles. The minimum absolute atomic E-state index is 0.288. The largest absolute Gasteiger partial charge is 0.481 e. The van der Waals surface area contributed by atoms with Crippen LogP contribution in [0, 0.1) is 5.92 Å². The van der Waals surface area contributed by atoms with Crippen molar-refractivity contribution in [2.75, 3.05) is 20.1 Å². The molecule has 0 aliphatic heterocycles. The van der Waals surface area contributed by atoms with Crippen LogP contribution in [0.3, 0.4) is 0 Å². The number of carboxylic acids is 1. The van der Waals surface area contributed by atoms with Crippen molar-refractivity contribution < 1.29 is 14.7 Å². The quantitative estimate of drug-likeness (QED) is 0.470. The number of carboxylic acid groups (broad SMARTS) is 1. The first-order valence-electron chi connectivity index (χ1n) is 4.93. The molecule has 0 aliphatic rings. The van der Waals surface area contributed by atoms with E-state index in [0.717, 1.165) is 25.8 Å². The molecule has 0 rings (SSSR count). The van der Waals surface area contributed by atoms with E-state index in [2.05, 4.69) is 4.90 Å². The third-order valence-corrected chi connectivity index (χ3v) is 2.23. The van der Waals surface area contributed by atoms with Gasteiger partial charge in [-0.15, -0.1) is 0 Å². The van der Waals surface area contributed by atoms with E-state index in [1.807, 2.05) is 7.05 Å². The molecule has 0 bridgehead atoms. The van der Waals surface area contributed by atoms with Gasteiger partial charge in [-0.05, 0) is 33.0 Å². The molecule has 0 spiro atoms. The van der Waals surface area contributed by atoms with Crippen LogP contribution in [0.15, 0.2) is 0 Å². The van der Waals surface area contributed by atoms with Gasteiger partial charge < -0.3 is 14.8 Å². The number of rotatable bonds is 8. The summed E-state index contributed by atoms with van der Waals surface area (Å²) in [6.07, 6.45) is 3.00. The van der Waals surface area contributed by atoms with Crippen LogP contribution in [-0.4, -0.2) is 42.4 Å². The maximum atomic E-state index is 10.5. The van der Waals surface area contributed by atoms with E-state index in [1.165, 1.54) is 0 Å². The Bertz CT molecular complexity index is 182. The number of unbranched alkanes of at least 4 members (excludes halogenated alkanes) is 1.